The van der Waals surface area contributed by atoms with Gasteiger partial charge in [-0.1, -0.05) is 53.2 Å². The third-order valence-corrected chi connectivity index (χ3v) is 16.4. The van der Waals surface area contributed by atoms with E-state index in [4.69, 9.17) is 18.3 Å². The van der Waals surface area contributed by atoms with E-state index in [1.165, 1.54) is 5.57 Å². The molecule has 2 aromatic rings. The van der Waals surface area contributed by atoms with Crippen molar-refractivity contribution in [1.82, 2.24) is 0 Å². The summed E-state index contributed by atoms with van der Waals surface area (Å²) in [7, 11) is -0.694. The van der Waals surface area contributed by atoms with Gasteiger partial charge in [0.15, 0.2) is 11.5 Å². The molecular weight excluding hydrogens is 468 g/mol. The molecule has 0 heterocycles. The predicted molar refractivity (Wildman–Crippen MR) is 156 cm³/mol. The summed E-state index contributed by atoms with van der Waals surface area (Å²) in [6, 6.07) is 6.26. The largest absolute Gasteiger partial charge is 0.543 e. The number of methoxy groups -OCH3 is 2. The van der Waals surface area contributed by atoms with Crippen molar-refractivity contribution in [1.29, 1.82) is 0 Å². The summed E-state index contributed by atoms with van der Waals surface area (Å²) < 4.78 is 25.8. The average Bonchev–Trinajstić information content (AvgIpc) is 2.69. The molecule has 0 spiro atoms. The number of hydrogen-bond acceptors (Lipinski definition) is 4. The molecule has 2 rings (SSSR count). The van der Waals surface area contributed by atoms with Crippen LogP contribution in [-0.2, 0) is 6.42 Å². The van der Waals surface area contributed by atoms with Crippen LogP contribution in [0.4, 0.5) is 0 Å². The highest BCUT2D eigenvalue weighted by Gasteiger charge is 2.41. The standard InChI is InChI=1S/C29H48O4Si2/c1-20(2)15-17-23-25(30-9)22-18-16-21(32-34(11,12)28(3,4)5)19-24(22)26(31-10)27(23)33-35(13,14)29(6,7)8/h15-16,18-19H,17H2,1-14H3. The van der Waals surface area contributed by atoms with Gasteiger partial charge in [0.2, 0.25) is 8.32 Å². The Balaban J connectivity index is 2.89. The first-order valence-electron chi connectivity index (χ1n) is 12.6. The smallest absolute Gasteiger partial charge is 0.250 e. The van der Waals surface area contributed by atoms with Crippen molar-refractivity contribution in [3.05, 3.63) is 35.4 Å². The van der Waals surface area contributed by atoms with Crippen molar-refractivity contribution >= 4 is 27.4 Å². The van der Waals surface area contributed by atoms with Gasteiger partial charge in [-0.15, -0.1) is 0 Å². The summed E-state index contributed by atoms with van der Waals surface area (Å²) in [6.45, 7) is 26.8. The number of hydrogen-bond donors (Lipinski definition) is 0. The Morgan fingerprint density at radius 1 is 0.743 bits per heavy atom. The van der Waals surface area contributed by atoms with E-state index >= 15 is 0 Å². The van der Waals surface area contributed by atoms with Crippen molar-refractivity contribution in [2.24, 2.45) is 0 Å². The second kappa shape index (κ2) is 10.2. The van der Waals surface area contributed by atoms with Crippen LogP contribution in [0.1, 0.15) is 61.0 Å². The minimum atomic E-state index is -2.16. The first kappa shape index (κ1) is 29.3. The summed E-state index contributed by atoms with van der Waals surface area (Å²) in [5.74, 6) is 3.25. The van der Waals surface area contributed by atoms with Gasteiger partial charge in [-0.3, -0.25) is 0 Å². The van der Waals surface area contributed by atoms with Crippen LogP contribution in [0.15, 0.2) is 29.8 Å². The number of benzene rings is 2. The monoisotopic (exact) mass is 516 g/mol. The Labute approximate surface area is 216 Å². The lowest BCUT2D eigenvalue weighted by atomic mass is 9.99. The average molecular weight is 517 g/mol. The zero-order chi connectivity index (χ0) is 27.0. The summed E-state index contributed by atoms with van der Waals surface area (Å²) in [5.41, 5.74) is 2.28. The number of ether oxygens (including phenoxy) is 2. The molecule has 0 unspecified atom stereocenters. The minimum absolute atomic E-state index is 0.0429. The lowest BCUT2D eigenvalue weighted by molar-refractivity contribution is 0.380. The maximum absolute atomic E-state index is 6.97. The topological polar surface area (TPSA) is 36.9 Å². The lowest BCUT2D eigenvalue weighted by Gasteiger charge is -2.38. The molecular formula is C29H48O4Si2. The maximum Gasteiger partial charge on any atom is 0.250 e. The Morgan fingerprint density at radius 2 is 1.26 bits per heavy atom. The van der Waals surface area contributed by atoms with Gasteiger partial charge in [-0.25, -0.2) is 0 Å². The van der Waals surface area contributed by atoms with E-state index in [0.29, 0.717) is 6.42 Å². The van der Waals surface area contributed by atoms with Gasteiger partial charge in [0, 0.05) is 16.3 Å². The van der Waals surface area contributed by atoms with Crippen molar-refractivity contribution in [2.75, 3.05) is 14.2 Å². The van der Waals surface area contributed by atoms with Gasteiger partial charge in [0.05, 0.1) is 14.2 Å². The van der Waals surface area contributed by atoms with E-state index in [9.17, 15) is 0 Å². The van der Waals surface area contributed by atoms with Gasteiger partial charge in [0.1, 0.15) is 11.5 Å². The van der Waals surface area contributed by atoms with Crippen molar-refractivity contribution in [3.63, 3.8) is 0 Å². The molecule has 0 aliphatic rings. The Kier molecular flexibility index (Phi) is 8.55. The summed E-state index contributed by atoms with van der Waals surface area (Å²) in [6.07, 6.45) is 2.93. The van der Waals surface area contributed by atoms with Crippen LogP contribution < -0.4 is 18.3 Å². The molecule has 0 aromatic heterocycles. The van der Waals surface area contributed by atoms with Crippen LogP contribution in [0.25, 0.3) is 10.8 Å². The van der Waals surface area contributed by atoms with Gasteiger partial charge >= 0.3 is 0 Å². The molecule has 0 atom stereocenters. The van der Waals surface area contributed by atoms with E-state index in [1.807, 2.05) is 0 Å². The van der Waals surface area contributed by atoms with E-state index < -0.39 is 16.6 Å². The third-order valence-electron chi connectivity index (χ3n) is 7.70. The minimum Gasteiger partial charge on any atom is -0.543 e. The molecule has 0 saturated heterocycles. The highest BCUT2D eigenvalue weighted by molar-refractivity contribution is 6.75. The quantitative estimate of drug-likeness (QED) is 0.259. The molecule has 2 aromatic carbocycles. The van der Waals surface area contributed by atoms with Crippen LogP contribution in [0.2, 0.25) is 36.3 Å². The van der Waals surface area contributed by atoms with E-state index in [-0.39, 0.29) is 10.1 Å². The van der Waals surface area contributed by atoms with E-state index in [2.05, 4.69) is 106 Å². The molecule has 0 aliphatic carbocycles. The highest BCUT2D eigenvalue weighted by atomic mass is 28.4. The van der Waals surface area contributed by atoms with Gasteiger partial charge in [-0.05, 0) is 74.7 Å². The van der Waals surface area contributed by atoms with Crippen molar-refractivity contribution in [2.45, 2.75) is 98.1 Å². The first-order chi connectivity index (χ1) is 15.9. The molecule has 0 bridgehead atoms. The molecule has 0 saturated carbocycles. The van der Waals surface area contributed by atoms with Crippen LogP contribution >= 0.6 is 0 Å². The molecule has 0 aliphatic heterocycles. The van der Waals surface area contributed by atoms with Crippen molar-refractivity contribution in [3.8, 4) is 23.0 Å². The normalized spacial score (nSPS) is 13.0. The third kappa shape index (κ3) is 6.26. The zero-order valence-corrected chi connectivity index (χ0v) is 26.6. The van der Waals surface area contributed by atoms with Gasteiger partial charge in [0.25, 0.3) is 8.32 Å². The van der Waals surface area contributed by atoms with E-state index in [1.54, 1.807) is 14.2 Å². The first-order valence-corrected chi connectivity index (χ1v) is 18.4. The van der Waals surface area contributed by atoms with E-state index in [0.717, 1.165) is 39.3 Å². The Hall–Kier alpha value is -1.93. The number of allylic oxidation sites excluding steroid dienone is 2. The Bertz CT molecular complexity index is 1080. The zero-order valence-electron chi connectivity index (χ0n) is 24.6. The molecule has 6 heteroatoms. The molecule has 0 N–H and O–H groups in total. The van der Waals surface area contributed by atoms with Crippen LogP contribution in [-0.4, -0.2) is 30.9 Å². The van der Waals surface area contributed by atoms with Crippen molar-refractivity contribution < 1.29 is 18.3 Å². The summed E-state index contributed by atoms with van der Waals surface area (Å²) >= 11 is 0. The summed E-state index contributed by atoms with van der Waals surface area (Å²) in [5, 5.41) is 2.11. The van der Waals surface area contributed by atoms with Crippen LogP contribution in [0.5, 0.6) is 23.0 Å². The fourth-order valence-electron chi connectivity index (χ4n) is 3.39. The molecule has 0 radical (unpaired) electrons. The summed E-state index contributed by atoms with van der Waals surface area (Å²) in [4.78, 5) is 0. The van der Waals surface area contributed by atoms with Crippen LogP contribution in [0.3, 0.4) is 0 Å². The second-order valence-electron chi connectivity index (χ2n) is 12.8. The maximum atomic E-state index is 6.97. The number of fused-ring (bicyclic) bond motifs is 1. The van der Waals surface area contributed by atoms with Gasteiger partial charge < -0.3 is 18.3 Å². The molecule has 0 fully saturated rings. The molecule has 35 heavy (non-hydrogen) atoms. The predicted octanol–water partition coefficient (Wildman–Crippen LogP) is 9.13. The SMILES string of the molecule is COc1c(CC=C(C)C)c(O[Si](C)(C)C(C)(C)C)c(OC)c2cc(O[Si](C)(C)C(C)(C)C)ccc12. The fraction of sp³-hybridized carbons (Fsp3) is 0.586. The van der Waals surface area contributed by atoms with Gasteiger partial charge in [-0.2, -0.15) is 0 Å². The lowest BCUT2D eigenvalue weighted by Crippen LogP contribution is -2.44. The van der Waals surface area contributed by atoms with Crippen LogP contribution in [0, 0.1) is 0 Å². The fourth-order valence-corrected chi connectivity index (χ4v) is 5.44. The molecule has 4 nitrogen and oxygen atoms in total. The molecule has 196 valence electrons. The Morgan fingerprint density at radius 3 is 1.71 bits per heavy atom. The number of rotatable bonds is 8. The highest BCUT2D eigenvalue weighted by Crippen LogP contribution is 2.50. The second-order valence-corrected chi connectivity index (χ2v) is 22.2. The molecule has 0 amide bonds.